The van der Waals surface area contributed by atoms with Crippen LogP contribution in [-0.2, 0) is 13.6 Å². The molecule has 0 fully saturated rings. The summed E-state index contributed by atoms with van der Waals surface area (Å²) >= 11 is 0. The number of hydrogen-bond acceptors (Lipinski definition) is 4. The van der Waals surface area contributed by atoms with Gasteiger partial charge >= 0.3 is 7.60 Å². The first kappa shape index (κ1) is 12.5. The van der Waals surface area contributed by atoms with Gasteiger partial charge < -0.3 is 9.05 Å². The van der Waals surface area contributed by atoms with Gasteiger partial charge in [0.25, 0.3) is 0 Å². The fraction of sp³-hybridized carbons (Fsp3) is 1.00. The molecule has 76 valence electrons. The van der Waals surface area contributed by atoms with Crippen LogP contribution >= 0.6 is 7.60 Å². The monoisotopic (exact) mass is 207 g/mol. The summed E-state index contributed by atoms with van der Waals surface area (Å²) in [6.45, 7) is 5.44. The predicted molar refractivity (Wildman–Crippen MR) is 49.5 cm³/mol. The van der Waals surface area contributed by atoms with Crippen LogP contribution < -0.4 is 0 Å². The molecular formula is C6H14N3O3P. The Balaban J connectivity index is 4.55. The number of azide groups is 1. The third-order valence-electron chi connectivity index (χ3n) is 1.29. The lowest BCUT2D eigenvalue weighted by molar-refractivity contribution is 0.213. The van der Waals surface area contributed by atoms with Gasteiger partial charge in [0.15, 0.2) is 0 Å². The van der Waals surface area contributed by atoms with Gasteiger partial charge in [-0.3, -0.25) is 4.57 Å². The third kappa shape index (κ3) is 3.79. The molecule has 0 rings (SSSR count). The molecule has 0 heterocycles. The van der Waals surface area contributed by atoms with Crippen LogP contribution in [0.2, 0.25) is 0 Å². The van der Waals surface area contributed by atoms with Crippen molar-refractivity contribution >= 4 is 7.60 Å². The van der Waals surface area contributed by atoms with E-state index in [1.807, 2.05) is 0 Å². The zero-order chi connectivity index (χ0) is 10.3. The van der Waals surface area contributed by atoms with Crippen molar-refractivity contribution in [2.24, 2.45) is 5.11 Å². The highest BCUT2D eigenvalue weighted by atomic mass is 31.2. The number of hydrogen-bond donors (Lipinski definition) is 0. The molecule has 0 aliphatic heterocycles. The molecule has 0 radical (unpaired) electrons. The highest BCUT2D eigenvalue weighted by molar-refractivity contribution is 7.54. The smallest absolute Gasteiger partial charge is 0.309 e. The molecule has 6 nitrogen and oxygen atoms in total. The minimum absolute atomic E-state index is 0.266. The molecule has 13 heavy (non-hydrogen) atoms. The molecular weight excluding hydrogens is 193 g/mol. The molecule has 0 aromatic heterocycles. The summed E-state index contributed by atoms with van der Waals surface area (Å²) in [5.74, 6) is -0.780. The van der Waals surface area contributed by atoms with Crippen molar-refractivity contribution in [3.05, 3.63) is 10.4 Å². The summed E-state index contributed by atoms with van der Waals surface area (Å²) in [6, 6.07) is 0. The molecule has 0 amide bonds. The van der Waals surface area contributed by atoms with Crippen molar-refractivity contribution in [2.75, 3.05) is 13.2 Å². The average Bonchev–Trinajstić information content (AvgIpc) is 2.05. The molecule has 1 atom stereocenters. The lowest BCUT2D eigenvalue weighted by Gasteiger charge is -2.19. The van der Waals surface area contributed by atoms with Gasteiger partial charge in [-0.15, -0.1) is 0 Å². The third-order valence-corrected chi connectivity index (χ3v) is 3.55. The zero-order valence-corrected chi connectivity index (χ0v) is 8.90. The van der Waals surface area contributed by atoms with Gasteiger partial charge in [-0.2, -0.15) is 0 Å². The highest BCUT2D eigenvalue weighted by Gasteiger charge is 2.30. The molecule has 0 spiro atoms. The quantitative estimate of drug-likeness (QED) is 0.290. The summed E-state index contributed by atoms with van der Waals surface area (Å²) in [5, 5.41) is 3.30. The average molecular weight is 207 g/mol. The van der Waals surface area contributed by atoms with Crippen LogP contribution in [-0.4, -0.2) is 19.0 Å². The Morgan fingerprint density at radius 2 is 1.92 bits per heavy atom. The van der Waals surface area contributed by atoms with Crippen LogP contribution in [0, 0.1) is 0 Å². The van der Waals surface area contributed by atoms with E-state index in [0.717, 1.165) is 0 Å². The van der Waals surface area contributed by atoms with Gasteiger partial charge in [0, 0.05) is 4.91 Å². The summed E-state index contributed by atoms with van der Waals surface area (Å²) in [4.78, 5) is 2.56. The topological polar surface area (TPSA) is 84.3 Å². The Bertz CT molecular complexity index is 229. The molecule has 0 aliphatic rings. The fourth-order valence-electron chi connectivity index (χ4n) is 0.751. The van der Waals surface area contributed by atoms with E-state index in [2.05, 4.69) is 10.0 Å². The molecule has 0 bridgehead atoms. The van der Waals surface area contributed by atoms with Crippen LogP contribution in [0.1, 0.15) is 20.8 Å². The summed E-state index contributed by atoms with van der Waals surface area (Å²) in [7, 11) is -3.25. The molecule has 0 aromatic carbocycles. The minimum Gasteiger partial charge on any atom is -0.309 e. The minimum atomic E-state index is -3.25. The molecule has 0 aromatic rings. The Labute approximate surface area is 77.4 Å². The van der Waals surface area contributed by atoms with Crippen LogP contribution in [0.3, 0.4) is 0 Å². The van der Waals surface area contributed by atoms with Crippen molar-refractivity contribution in [3.63, 3.8) is 0 Å². The van der Waals surface area contributed by atoms with Crippen molar-refractivity contribution < 1.29 is 13.6 Å². The second kappa shape index (κ2) is 6.00. The Kier molecular flexibility index (Phi) is 5.75. The van der Waals surface area contributed by atoms with E-state index in [0.29, 0.717) is 0 Å². The maximum absolute atomic E-state index is 11.8. The van der Waals surface area contributed by atoms with Crippen LogP contribution in [0.4, 0.5) is 0 Å². The van der Waals surface area contributed by atoms with Crippen LogP contribution in [0.15, 0.2) is 5.11 Å². The lowest BCUT2D eigenvalue weighted by Crippen LogP contribution is -2.06. The predicted octanol–water partition coefficient (Wildman–Crippen LogP) is 2.91. The maximum atomic E-state index is 11.8. The Morgan fingerprint density at radius 1 is 1.46 bits per heavy atom. The fourth-order valence-corrected chi connectivity index (χ4v) is 2.15. The molecule has 0 N–H and O–H groups in total. The van der Waals surface area contributed by atoms with Crippen molar-refractivity contribution in [3.8, 4) is 0 Å². The summed E-state index contributed by atoms with van der Waals surface area (Å²) < 4.78 is 21.7. The van der Waals surface area contributed by atoms with Crippen molar-refractivity contribution in [2.45, 2.75) is 26.6 Å². The van der Waals surface area contributed by atoms with E-state index in [4.69, 9.17) is 14.6 Å². The van der Waals surface area contributed by atoms with E-state index < -0.39 is 13.4 Å². The number of nitrogens with zero attached hydrogens (tertiary/aromatic N) is 3. The normalized spacial score (nSPS) is 13.5. The molecule has 0 saturated heterocycles. The van der Waals surface area contributed by atoms with Gasteiger partial charge in [0.1, 0.15) is 5.78 Å². The molecule has 0 aliphatic carbocycles. The number of rotatable bonds is 6. The molecule has 0 saturated carbocycles. The van der Waals surface area contributed by atoms with Gasteiger partial charge in [-0.25, -0.2) is 0 Å². The van der Waals surface area contributed by atoms with Gasteiger partial charge in [0.05, 0.1) is 13.2 Å². The van der Waals surface area contributed by atoms with Crippen LogP contribution in [0.5, 0.6) is 0 Å². The first-order valence-electron chi connectivity index (χ1n) is 4.03. The standard InChI is InChI=1S/C6H14N3O3P/c1-4-11-13(10,12-5-2)6(3)8-9-7/h6H,4-5H2,1-3H3. The Morgan fingerprint density at radius 3 is 2.23 bits per heavy atom. The van der Waals surface area contributed by atoms with Gasteiger partial charge in [-0.05, 0) is 26.3 Å². The first-order valence-corrected chi connectivity index (χ1v) is 5.64. The van der Waals surface area contributed by atoms with E-state index in [-0.39, 0.29) is 13.2 Å². The summed E-state index contributed by atoms with van der Waals surface area (Å²) in [6.07, 6.45) is 0. The van der Waals surface area contributed by atoms with Crippen molar-refractivity contribution in [1.29, 1.82) is 0 Å². The molecule has 1 unspecified atom stereocenters. The molecule has 7 heteroatoms. The van der Waals surface area contributed by atoms with Gasteiger partial charge in [0.2, 0.25) is 0 Å². The van der Waals surface area contributed by atoms with Crippen LogP contribution in [0.25, 0.3) is 10.4 Å². The van der Waals surface area contributed by atoms with Gasteiger partial charge in [-0.1, -0.05) is 5.11 Å². The van der Waals surface area contributed by atoms with E-state index >= 15 is 0 Å². The van der Waals surface area contributed by atoms with E-state index in [9.17, 15) is 4.57 Å². The van der Waals surface area contributed by atoms with E-state index in [1.165, 1.54) is 6.92 Å². The largest absolute Gasteiger partial charge is 0.339 e. The first-order chi connectivity index (χ1) is 6.10. The van der Waals surface area contributed by atoms with E-state index in [1.54, 1.807) is 13.8 Å². The second-order valence-electron chi connectivity index (χ2n) is 2.21. The maximum Gasteiger partial charge on any atom is 0.339 e. The second-order valence-corrected chi connectivity index (χ2v) is 4.56. The summed E-state index contributed by atoms with van der Waals surface area (Å²) in [5.41, 5.74) is 8.16. The Hall–Kier alpha value is -0.540. The zero-order valence-electron chi connectivity index (χ0n) is 8.01. The van der Waals surface area contributed by atoms with Crippen molar-refractivity contribution in [1.82, 2.24) is 0 Å². The highest BCUT2D eigenvalue weighted by Crippen LogP contribution is 2.53. The lowest BCUT2D eigenvalue weighted by atomic mass is 10.8. The SMILES string of the molecule is CCOP(=O)(OCC)C(C)N=[N+]=[N-].